The maximum Gasteiger partial charge on any atom is 0.126 e. The second-order valence-electron chi connectivity index (χ2n) is 5.76. The summed E-state index contributed by atoms with van der Waals surface area (Å²) in [5.74, 6) is -0.0943. The molecule has 4 heteroatoms. The zero-order chi connectivity index (χ0) is 14.3. The average Bonchev–Trinajstić information content (AvgIpc) is 2.96. The molecule has 2 aromatic rings. The Morgan fingerprint density at radius 1 is 1.40 bits per heavy atom. The first-order valence-electron chi connectivity index (χ1n) is 7.01. The Labute approximate surface area is 123 Å². The van der Waals surface area contributed by atoms with Crippen molar-refractivity contribution in [2.75, 3.05) is 0 Å². The molecule has 1 heterocycles. The van der Waals surface area contributed by atoms with Crippen LogP contribution in [0.25, 0.3) is 0 Å². The summed E-state index contributed by atoms with van der Waals surface area (Å²) in [5.41, 5.74) is 2.60. The number of nitrogens with one attached hydrogen (secondary N) is 1. The fourth-order valence-corrected chi connectivity index (χ4v) is 4.14. The van der Waals surface area contributed by atoms with E-state index in [4.69, 9.17) is 0 Å². The van der Waals surface area contributed by atoms with Gasteiger partial charge in [-0.05, 0) is 50.8 Å². The van der Waals surface area contributed by atoms with Gasteiger partial charge >= 0.3 is 0 Å². The van der Waals surface area contributed by atoms with Gasteiger partial charge in [-0.15, -0.1) is 11.3 Å². The van der Waals surface area contributed by atoms with Gasteiger partial charge in [0.2, 0.25) is 0 Å². The van der Waals surface area contributed by atoms with Crippen LogP contribution in [-0.2, 0) is 12.0 Å². The third-order valence-corrected chi connectivity index (χ3v) is 4.97. The lowest BCUT2D eigenvalue weighted by Crippen LogP contribution is -2.45. The molecule has 0 fully saturated rings. The van der Waals surface area contributed by atoms with Crippen molar-refractivity contribution in [3.63, 3.8) is 0 Å². The lowest BCUT2D eigenvalue weighted by atomic mass is 9.91. The van der Waals surface area contributed by atoms with Gasteiger partial charge in [0.25, 0.3) is 0 Å². The molecule has 0 aliphatic heterocycles. The molecule has 0 saturated heterocycles. The summed E-state index contributed by atoms with van der Waals surface area (Å²) in [7, 11) is 0. The minimum absolute atomic E-state index is 0.0943. The number of fused-ring (bicyclic) bond motifs is 1. The number of aromatic nitrogens is 1. The largest absolute Gasteiger partial charge is 0.299 e. The Balaban J connectivity index is 2.17. The first-order valence-corrected chi connectivity index (χ1v) is 7.89. The fourth-order valence-electron chi connectivity index (χ4n) is 3.14. The van der Waals surface area contributed by atoms with Gasteiger partial charge in [-0.2, -0.15) is 0 Å². The van der Waals surface area contributed by atoms with Crippen LogP contribution in [0.5, 0.6) is 0 Å². The maximum absolute atomic E-state index is 14.0. The van der Waals surface area contributed by atoms with Crippen LogP contribution in [0.15, 0.2) is 23.6 Å². The van der Waals surface area contributed by atoms with E-state index < -0.39 is 0 Å². The molecule has 1 unspecified atom stereocenters. The van der Waals surface area contributed by atoms with E-state index in [-0.39, 0.29) is 11.4 Å². The van der Waals surface area contributed by atoms with Crippen molar-refractivity contribution >= 4 is 11.3 Å². The van der Waals surface area contributed by atoms with Crippen LogP contribution >= 0.6 is 11.3 Å². The molecular formula is C16H19FN2S. The molecule has 0 spiro atoms. The van der Waals surface area contributed by atoms with E-state index in [1.807, 2.05) is 13.0 Å². The normalized spacial score (nSPS) is 21.4. The minimum Gasteiger partial charge on any atom is -0.299 e. The van der Waals surface area contributed by atoms with Crippen LogP contribution < -0.4 is 5.32 Å². The quantitative estimate of drug-likeness (QED) is 0.930. The molecule has 1 aromatic carbocycles. The number of nitrogens with zero attached hydrogens (tertiary/aromatic N) is 1. The summed E-state index contributed by atoms with van der Waals surface area (Å²) in [4.78, 5) is 4.68. The topological polar surface area (TPSA) is 24.9 Å². The molecule has 1 aliphatic rings. The van der Waals surface area contributed by atoms with Crippen LogP contribution in [0.2, 0.25) is 0 Å². The van der Waals surface area contributed by atoms with E-state index in [2.05, 4.69) is 29.5 Å². The first kappa shape index (κ1) is 13.7. The van der Waals surface area contributed by atoms with E-state index in [0.29, 0.717) is 6.04 Å². The molecule has 3 rings (SSSR count). The minimum atomic E-state index is -0.329. The van der Waals surface area contributed by atoms with E-state index in [0.717, 1.165) is 34.7 Å². The van der Waals surface area contributed by atoms with Gasteiger partial charge < -0.3 is 0 Å². The predicted octanol–water partition coefficient (Wildman–Crippen LogP) is 3.78. The number of aryl methyl sites for hydroxylation is 1. The van der Waals surface area contributed by atoms with Crippen molar-refractivity contribution in [2.45, 2.75) is 45.2 Å². The number of hydrogen-bond acceptors (Lipinski definition) is 3. The second kappa shape index (κ2) is 4.93. The van der Waals surface area contributed by atoms with Crippen molar-refractivity contribution in [3.05, 3.63) is 51.2 Å². The van der Waals surface area contributed by atoms with Gasteiger partial charge in [0.05, 0.1) is 5.54 Å². The Kier molecular flexibility index (Phi) is 3.38. The van der Waals surface area contributed by atoms with Crippen LogP contribution in [0, 0.1) is 12.7 Å². The van der Waals surface area contributed by atoms with Crippen molar-refractivity contribution in [3.8, 4) is 0 Å². The molecule has 0 saturated carbocycles. The molecule has 20 heavy (non-hydrogen) atoms. The fraction of sp³-hybridized carbons (Fsp3) is 0.438. The molecule has 1 aliphatic carbocycles. The third-order valence-electron chi connectivity index (χ3n) is 3.85. The highest BCUT2D eigenvalue weighted by Crippen LogP contribution is 2.44. The van der Waals surface area contributed by atoms with Crippen LogP contribution in [0.3, 0.4) is 0 Å². The number of benzene rings is 1. The average molecular weight is 290 g/mol. The molecule has 1 aromatic heterocycles. The monoisotopic (exact) mass is 290 g/mol. The zero-order valence-corrected chi connectivity index (χ0v) is 12.9. The standard InChI is InChI=1S/C16H19FN2S/c1-10(2)19-16(15-18-11(3)9-20-15)8-7-12-13(16)5-4-6-14(12)17/h4-6,9-10,19H,7-8H2,1-3H3. The van der Waals surface area contributed by atoms with Crippen molar-refractivity contribution in [1.82, 2.24) is 10.3 Å². The summed E-state index contributed by atoms with van der Waals surface area (Å²) in [6, 6.07) is 5.71. The molecule has 106 valence electrons. The Morgan fingerprint density at radius 2 is 2.20 bits per heavy atom. The SMILES string of the molecule is Cc1csc(C2(NC(C)C)CCc3c(F)cccc32)n1. The van der Waals surface area contributed by atoms with Gasteiger partial charge in [0, 0.05) is 17.1 Å². The second-order valence-corrected chi connectivity index (χ2v) is 6.62. The first-order chi connectivity index (χ1) is 9.53. The molecule has 1 N–H and O–H groups in total. The number of halogens is 1. The van der Waals surface area contributed by atoms with Crippen LogP contribution in [-0.4, -0.2) is 11.0 Å². The summed E-state index contributed by atoms with van der Waals surface area (Å²) >= 11 is 1.66. The summed E-state index contributed by atoms with van der Waals surface area (Å²) in [5, 5.41) is 6.76. The smallest absolute Gasteiger partial charge is 0.126 e. The lowest BCUT2D eigenvalue weighted by Gasteiger charge is -2.32. The summed E-state index contributed by atoms with van der Waals surface area (Å²) in [6.45, 7) is 6.25. The Morgan fingerprint density at radius 3 is 2.85 bits per heavy atom. The maximum atomic E-state index is 14.0. The van der Waals surface area contributed by atoms with Crippen molar-refractivity contribution < 1.29 is 4.39 Å². The number of hydrogen-bond donors (Lipinski definition) is 1. The molecule has 0 radical (unpaired) electrons. The van der Waals surface area contributed by atoms with Crippen molar-refractivity contribution in [1.29, 1.82) is 0 Å². The lowest BCUT2D eigenvalue weighted by molar-refractivity contribution is 0.361. The van der Waals surface area contributed by atoms with E-state index in [1.54, 1.807) is 23.5 Å². The van der Waals surface area contributed by atoms with E-state index >= 15 is 0 Å². The van der Waals surface area contributed by atoms with Gasteiger partial charge in [-0.1, -0.05) is 12.1 Å². The van der Waals surface area contributed by atoms with Gasteiger partial charge in [-0.3, -0.25) is 5.32 Å². The molecular weight excluding hydrogens is 271 g/mol. The molecule has 0 amide bonds. The number of thiazole rings is 1. The zero-order valence-electron chi connectivity index (χ0n) is 12.0. The van der Waals surface area contributed by atoms with Crippen molar-refractivity contribution in [2.24, 2.45) is 0 Å². The van der Waals surface area contributed by atoms with Gasteiger partial charge in [0.15, 0.2) is 0 Å². The van der Waals surface area contributed by atoms with Crippen LogP contribution in [0.4, 0.5) is 4.39 Å². The Bertz CT molecular complexity index is 635. The molecule has 2 nitrogen and oxygen atoms in total. The van der Waals surface area contributed by atoms with Gasteiger partial charge in [-0.25, -0.2) is 9.37 Å². The molecule has 1 atom stereocenters. The third kappa shape index (κ3) is 2.07. The van der Waals surface area contributed by atoms with E-state index in [1.165, 1.54) is 0 Å². The van der Waals surface area contributed by atoms with Gasteiger partial charge in [0.1, 0.15) is 10.8 Å². The highest BCUT2D eigenvalue weighted by Gasteiger charge is 2.43. The predicted molar refractivity (Wildman–Crippen MR) is 80.6 cm³/mol. The molecule has 0 bridgehead atoms. The van der Waals surface area contributed by atoms with Crippen LogP contribution in [0.1, 0.15) is 42.1 Å². The highest BCUT2D eigenvalue weighted by molar-refractivity contribution is 7.09. The summed E-state index contributed by atoms with van der Waals surface area (Å²) < 4.78 is 14.0. The summed E-state index contributed by atoms with van der Waals surface area (Å²) in [6.07, 6.45) is 1.63. The highest BCUT2D eigenvalue weighted by atomic mass is 32.1. The van der Waals surface area contributed by atoms with E-state index in [9.17, 15) is 4.39 Å². The number of rotatable bonds is 3. The Hall–Kier alpha value is -1.26.